The molecule has 0 heterocycles. The van der Waals surface area contributed by atoms with Crippen molar-refractivity contribution in [3.63, 3.8) is 0 Å². The second kappa shape index (κ2) is 10.2. The van der Waals surface area contributed by atoms with E-state index in [1.807, 2.05) is 44.4 Å². The van der Waals surface area contributed by atoms with Gasteiger partial charge in [-0.2, -0.15) is 0 Å². The zero-order chi connectivity index (χ0) is 23.3. The molecule has 3 rings (SSSR count). The van der Waals surface area contributed by atoms with Gasteiger partial charge in [0, 0.05) is 28.4 Å². The predicted molar refractivity (Wildman–Crippen MR) is 132 cm³/mol. The Labute approximate surface area is 193 Å². The number of benzene rings is 3. The van der Waals surface area contributed by atoms with Crippen LogP contribution in [0.25, 0.3) is 0 Å². The normalized spacial score (nSPS) is 11.2. The van der Waals surface area contributed by atoms with Gasteiger partial charge in [-0.3, -0.25) is 4.79 Å². The number of hydrogen-bond donors (Lipinski definition) is 3. The minimum Gasteiger partial charge on any atom is -0.381 e. The molecule has 0 aromatic heterocycles. The third-order valence-electron chi connectivity index (χ3n) is 5.06. The summed E-state index contributed by atoms with van der Waals surface area (Å²) in [6.45, 7) is 4.56. The number of carbonyl (C=O) groups excluding carboxylic acids is 1. The molecule has 32 heavy (non-hydrogen) atoms. The van der Waals surface area contributed by atoms with Gasteiger partial charge in [-0.15, -0.1) is 11.8 Å². The van der Waals surface area contributed by atoms with Gasteiger partial charge in [-0.05, 0) is 74.7 Å². The van der Waals surface area contributed by atoms with Crippen molar-refractivity contribution in [3.8, 4) is 0 Å². The van der Waals surface area contributed by atoms with Crippen LogP contribution in [-0.4, -0.2) is 27.6 Å². The van der Waals surface area contributed by atoms with Crippen molar-refractivity contribution in [2.75, 3.05) is 23.9 Å². The van der Waals surface area contributed by atoms with Crippen LogP contribution in [-0.2, 0) is 16.6 Å². The Balaban J connectivity index is 1.92. The van der Waals surface area contributed by atoms with E-state index in [9.17, 15) is 13.2 Å². The third-order valence-corrected chi connectivity index (χ3v) is 7.18. The molecular formula is C24H27N3O3S2. The highest BCUT2D eigenvalue weighted by Crippen LogP contribution is 2.23. The van der Waals surface area contributed by atoms with E-state index in [-0.39, 0.29) is 16.4 Å². The van der Waals surface area contributed by atoms with E-state index >= 15 is 0 Å². The number of thioether (sulfide) groups is 1. The smallest absolute Gasteiger partial charge is 0.255 e. The Bertz CT molecular complexity index is 1240. The molecule has 0 aliphatic rings. The Morgan fingerprint density at radius 2 is 1.75 bits per heavy atom. The fourth-order valence-corrected chi connectivity index (χ4v) is 4.46. The summed E-state index contributed by atoms with van der Waals surface area (Å²) in [5.41, 5.74) is 4.82. The fraction of sp³-hybridized carbons (Fsp3) is 0.208. The zero-order valence-electron chi connectivity index (χ0n) is 18.5. The minimum atomic E-state index is -3.73. The fourth-order valence-electron chi connectivity index (χ4n) is 3.20. The van der Waals surface area contributed by atoms with Crippen LogP contribution in [0.5, 0.6) is 0 Å². The van der Waals surface area contributed by atoms with Gasteiger partial charge in [0.2, 0.25) is 10.0 Å². The Morgan fingerprint density at radius 3 is 2.47 bits per heavy atom. The molecule has 6 nitrogen and oxygen atoms in total. The van der Waals surface area contributed by atoms with Crippen LogP contribution in [0, 0.1) is 13.8 Å². The van der Waals surface area contributed by atoms with E-state index in [4.69, 9.17) is 0 Å². The van der Waals surface area contributed by atoms with Crippen molar-refractivity contribution >= 4 is 39.1 Å². The van der Waals surface area contributed by atoms with Crippen molar-refractivity contribution in [3.05, 3.63) is 82.9 Å². The topological polar surface area (TPSA) is 87.3 Å². The first-order valence-corrected chi connectivity index (χ1v) is 12.8. The summed E-state index contributed by atoms with van der Waals surface area (Å²) < 4.78 is 27.3. The van der Waals surface area contributed by atoms with Gasteiger partial charge in [0.1, 0.15) is 0 Å². The van der Waals surface area contributed by atoms with Crippen molar-refractivity contribution < 1.29 is 13.2 Å². The van der Waals surface area contributed by atoms with Gasteiger partial charge in [-0.25, -0.2) is 13.1 Å². The van der Waals surface area contributed by atoms with Crippen LogP contribution in [0.1, 0.15) is 27.0 Å². The highest BCUT2D eigenvalue weighted by molar-refractivity contribution is 7.98. The van der Waals surface area contributed by atoms with E-state index in [2.05, 4.69) is 27.5 Å². The number of aryl methyl sites for hydroxylation is 2. The van der Waals surface area contributed by atoms with E-state index in [1.54, 1.807) is 23.9 Å². The summed E-state index contributed by atoms with van der Waals surface area (Å²) in [6, 6.07) is 18.2. The standard InChI is InChI=1S/C24H27N3O3S2/c1-16-8-9-17(2)19(10-16)15-26-21-11-18(12-23(14-21)32(29,30)25-3)24(28)27-20-6-5-7-22(13-20)31-4/h5-14,25-26H,15H2,1-4H3,(H,27,28). The van der Waals surface area contributed by atoms with Gasteiger partial charge < -0.3 is 10.6 Å². The van der Waals surface area contributed by atoms with Crippen LogP contribution in [0.2, 0.25) is 0 Å². The second-order valence-corrected chi connectivity index (χ2v) is 10.2. The maximum absolute atomic E-state index is 12.9. The molecule has 0 bridgehead atoms. The molecule has 0 unspecified atom stereocenters. The highest BCUT2D eigenvalue weighted by atomic mass is 32.2. The monoisotopic (exact) mass is 469 g/mol. The molecule has 0 aliphatic heterocycles. The van der Waals surface area contributed by atoms with Crippen LogP contribution in [0.4, 0.5) is 11.4 Å². The molecule has 0 atom stereocenters. The Hall–Kier alpha value is -2.81. The highest BCUT2D eigenvalue weighted by Gasteiger charge is 2.17. The third kappa shape index (κ3) is 5.91. The summed E-state index contributed by atoms with van der Waals surface area (Å²) in [5.74, 6) is -0.383. The summed E-state index contributed by atoms with van der Waals surface area (Å²) in [5, 5.41) is 6.12. The number of rotatable bonds is 8. The van der Waals surface area contributed by atoms with Gasteiger partial charge in [-0.1, -0.05) is 29.8 Å². The Morgan fingerprint density at radius 1 is 0.969 bits per heavy atom. The van der Waals surface area contributed by atoms with Crippen molar-refractivity contribution in [2.45, 2.75) is 30.2 Å². The van der Waals surface area contributed by atoms with E-state index < -0.39 is 10.0 Å². The maximum Gasteiger partial charge on any atom is 0.255 e. The SMILES string of the molecule is CNS(=O)(=O)c1cc(NCc2cc(C)ccc2C)cc(C(=O)Nc2cccc(SC)c2)c1. The summed E-state index contributed by atoms with van der Waals surface area (Å²) in [4.78, 5) is 14.0. The Kier molecular flexibility index (Phi) is 7.60. The molecule has 0 radical (unpaired) electrons. The van der Waals surface area contributed by atoms with E-state index in [0.717, 1.165) is 21.6 Å². The van der Waals surface area contributed by atoms with Crippen LogP contribution >= 0.6 is 11.8 Å². The zero-order valence-corrected chi connectivity index (χ0v) is 20.2. The minimum absolute atomic E-state index is 0.0222. The molecule has 168 valence electrons. The van der Waals surface area contributed by atoms with Crippen LogP contribution in [0.15, 0.2) is 70.5 Å². The first-order chi connectivity index (χ1) is 15.2. The maximum atomic E-state index is 12.9. The lowest BCUT2D eigenvalue weighted by Gasteiger charge is -2.14. The first kappa shape index (κ1) is 23.8. The van der Waals surface area contributed by atoms with Crippen LogP contribution in [0.3, 0.4) is 0 Å². The number of amides is 1. The molecular weight excluding hydrogens is 442 g/mol. The summed E-state index contributed by atoms with van der Waals surface area (Å²) in [6.07, 6.45) is 1.96. The van der Waals surface area contributed by atoms with Gasteiger partial charge in [0.05, 0.1) is 4.90 Å². The first-order valence-electron chi connectivity index (χ1n) is 10.1. The average Bonchev–Trinajstić information content (AvgIpc) is 2.79. The molecule has 3 aromatic carbocycles. The van der Waals surface area contributed by atoms with Crippen molar-refractivity contribution in [1.29, 1.82) is 0 Å². The van der Waals surface area contributed by atoms with Crippen LogP contribution < -0.4 is 15.4 Å². The molecule has 0 aliphatic carbocycles. The average molecular weight is 470 g/mol. The molecule has 1 amide bonds. The summed E-state index contributed by atoms with van der Waals surface area (Å²) in [7, 11) is -2.38. The quantitative estimate of drug-likeness (QED) is 0.413. The lowest BCUT2D eigenvalue weighted by Crippen LogP contribution is -2.20. The summed E-state index contributed by atoms with van der Waals surface area (Å²) >= 11 is 1.57. The molecule has 8 heteroatoms. The molecule has 0 saturated carbocycles. The largest absolute Gasteiger partial charge is 0.381 e. The predicted octanol–water partition coefficient (Wildman–Crippen LogP) is 4.80. The molecule has 3 N–H and O–H groups in total. The lowest BCUT2D eigenvalue weighted by atomic mass is 10.1. The molecule has 0 fully saturated rings. The van der Waals surface area contributed by atoms with Crippen molar-refractivity contribution in [2.24, 2.45) is 0 Å². The number of hydrogen-bond acceptors (Lipinski definition) is 5. The van der Waals surface area contributed by atoms with Gasteiger partial charge >= 0.3 is 0 Å². The van der Waals surface area contributed by atoms with Crippen molar-refractivity contribution in [1.82, 2.24) is 4.72 Å². The van der Waals surface area contributed by atoms with Gasteiger partial charge in [0.25, 0.3) is 5.91 Å². The number of carbonyl (C=O) groups is 1. The molecule has 0 saturated heterocycles. The van der Waals surface area contributed by atoms with E-state index in [0.29, 0.717) is 17.9 Å². The lowest BCUT2D eigenvalue weighted by molar-refractivity contribution is 0.102. The second-order valence-electron chi connectivity index (χ2n) is 7.42. The molecule has 3 aromatic rings. The van der Waals surface area contributed by atoms with E-state index in [1.165, 1.54) is 19.2 Å². The van der Waals surface area contributed by atoms with Gasteiger partial charge in [0.15, 0.2) is 0 Å². The number of sulfonamides is 1. The number of nitrogens with one attached hydrogen (secondary N) is 3. The molecule has 0 spiro atoms. The number of anilines is 2.